The summed E-state index contributed by atoms with van der Waals surface area (Å²) in [5, 5.41) is 5.04. The van der Waals surface area contributed by atoms with Crippen LogP contribution < -0.4 is 5.32 Å². The van der Waals surface area contributed by atoms with Crippen molar-refractivity contribution in [1.29, 1.82) is 0 Å². The Balaban J connectivity index is 1.64. The first-order valence-corrected chi connectivity index (χ1v) is 9.74. The summed E-state index contributed by atoms with van der Waals surface area (Å²) in [6.45, 7) is 6.08. The third-order valence-electron chi connectivity index (χ3n) is 4.96. The molecular formula is C18H26N2O3S. The minimum atomic E-state index is -0.445. The smallest absolute Gasteiger partial charge is 0.250 e. The van der Waals surface area contributed by atoms with Crippen molar-refractivity contribution in [3.05, 3.63) is 21.9 Å². The molecule has 24 heavy (non-hydrogen) atoms. The van der Waals surface area contributed by atoms with E-state index < -0.39 is 12.1 Å². The maximum Gasteiger partial charge on any atom is 0.250 e. The van der Waals surface area contributed by atoms with E-state index in [1.807, 2.05) is 18.7 Å². The Morgan fingerprint density at radius 1 is 1.50 bits per heavy atom. The summed E-state index contributed by atoms with van der Waals surface area (Å²) in [6.07, 6.45) is 2.92. The van der Waals surface area contributed by atoms with Gasteiger partial charge in [0.1, 0.15) is 12.1 Å². The van der Waals surface area contributed by atoms with Crippen molar-refractivity contribution in [3.63, 3.8) is 0 Å². The zero-order chi connectivity index (χ0) is 17.1. The van der Waals surface area contributed by atoms with Gasteiger partial charge in [0.25, 0.3) is 0 Å². The van der Waals surface area contributed by atoms with Gasteiger partial charge in [-0.15, -0.1) is 11.3 Å². The number of carbonyl (C=O) groups excluding carboxylic acids is 2. The van der Waals surface area contributed by atoms with E-state index in [1.165, 1.54) is 10.4 Å². The summed E-state index contributed by atoms with van der Waals surface area (Å²) >= 11 is 1.76. The third-order valence-corrected chi connectivity index (χ3v) is 5.98. The molecule has 2 amide bonds. The number of amides is 2. The van der Waals surface area contributed by atoms with Crippen LogP contribution in [-0.2, 0) is 27.3 Å². The van der Waals surface area contributed by atoms with Crippen molar-refractivity contribution in [2.24, 2.45) is 5.92 Å². The number of nitrogens with zero attached hydrogens (tertiary/aromatic N) is 1. The molecular weight excluding hydrogens is 324 g/mol. The third kappa shape index (κ3) is 3.64. The zero-order valence-corrected chi connectivity index (χ0v) is 15.2. The van der Waals surface area contributed by atoms with Crippen LogP contribution in [0.2, 0.25) is 0 Å². The van der Waals surface area contributed by atoms with E-state index in [4.69, 9.17) is 4.74 Å². The number of thiophene rings is 1. The molecule has 0 aliphatic carbocycles. The van der Waals surface area contributed by atoms with Gasteiger partial charge in [0, 0.05) is 24.6 Å². The Kier molecular flexibility index (Phi) is 5.56. The molecule has 0 unspecified atom stereocenters. The molecule has 1 saturated heterocycles. The minimum Gasteiger partial charge on any atom is -0.368 e. The highest BCUT2D eigenvalue weighted by Gasteiger charge is 2.34. The van der Waals surface area contributed by atoms with Crippen LogP contribution in [0.3, 0.4) is 0 Å². The van der Waals surface area contributed by atoms with Crippen LogP contribution in [-0.4, -0.2) is 42.0 Å². The van der Waals surface area contributed by atoms with Crippen molar-refractivity contribution in [2.45, 2.75) is 58.2 Å². The van der Waals surface area contributed by atoms with E-state index in [9.17, 15) is 9.59 Å². The molecule has 2 aliphatic rings. The van der Waals surface area contributed by atoms with Crippen molar-refractivity contribution in [3.8, 4) is 0 Å². The maximum atomic E-state index is 12.9. The quantitative estimate of drug-likeness (QED) is 0.887. The number of nitrogens with one attached hydrogen (secondary N) is 1. The number of fused-ring (bicyclic) bond motifs is 1. The molecule has 2 aliphatic heterocycles. The van der Waals surface area contributed by atoms with Crippen LogP contribution in [0.1, 0.15) is 43.6 Å². The molecule has 1 aromatic rings. The van der Waals surface area contributed by atoms with Crippen molar-refractivity contribution < 1.29 is 14.3 Å². The molecule has 3 atom stereocenters. The van der Waals surface area contributed by atoms with E-state index >= 15 is 0 Å². The van der Waals surface area contributed by atoms with Gasteiger partial charge >= 0.3 is 0 Å². The SMILES string of the molecule is CCC[C@H](NC(=O)[C@@H]1OCC[C@@H]1C)C(=O)N1CCc2sccc2C1. The van der Waals surface area contributed by atoms with Crippen LogP contribution in [0, 0.1) is 5.92 Å². The summed E-state index contributed by atoms with van der Waals surface area (Å²) < 4.78 is 5.53. The van der Waals surface area contributed by atoms with Gasteiger partial charge in [-0.05, 0) is 42.2 Å². The molecule has 0 radical (unpaired) electrons. The van der Waals surface area contributed by atoms with Gasteiger partial charge in [-0.1, -0.05) is 20.3 Å². The lowest BCUT2D eigenvalue weighted by atomic mass is 10.0. The highest BCUT2D eigenvalue weighted by molar-refractivity contribution is 7.10. The van der Waals surface area contributed by atoms with Gasteiger partial charge in [0.15, 0.2) is 0 Å². The Morgan fingerprint density at radius 2 is 2.33 bits per heavy atom. The topological polar surface area (TPSA) is 58.6 Å². The molecule has 1 aromatic heterocycles. The molecule has 3 heterocycles. The molecule has 0 bridgehead atoms. The number of carbonyl (C=O) groups is 2. The lowest BCUT2D eigenvalue weighted by molar-refractivity contribution is -0.140. The Labute approximate surface area is 147 Å². The van der Waals surface area contributed by atoms with Crippen molar-refractivity contribution in [1.82, 2.24) is 10.2 Å². The summed E-state index contributed by atoms with van der Waals surface area (Å²) in [7, 11) is 0. The lowest BCUT2D eigenvalue weighted by Gasteiger charge is -2.31. The van der Waals surface area contributed by atoms with Crippen LogP contribution >= 0.6 is 11.3 Å². The first-order valence-electron chi connectivity index (χ1n) is 8.86. The van der Waals surface area contributed by atoms with Crippen molar-refractivity contribution >= 4 is 23.2 Å². The van der Waals surface area contributed by atoms with E-state index in [0.29, 0.717) is 19.6 Å². The molecule has 3 rings (SSSR count). The second kappa shape index (κ2) is 7.66. The van der Waals surface area contributed by atoms with Crippen molar-refractivity contribution in [2.75, 3.05) is 13.2 Å². The highest BCUT2D eigenvalue weighted by Crippen LogP contribution is 2.25. The van der Waals surface area contributed by atoms with Crippen LogP contribution in [0.5, 0.6) is 0 Å². The second-order valence-corrected chi connectivity index (χ2v) is 7.79. The minimum absolute atomic E-state index is 0.0349. The normalized spacial score (nSPS) is 24.5. The van der Waals surface area contributed by atoms with Gasteiger partial charge in [0.05, 0.1) is 0 Å². The van der Waals surface area contributed by atoms with E-state index in [1.54, 1.807) is 11.3 Å². The Bertz CT molecular complexity index is 601. The van der Waals surface area contributed by atoms with Gasteiger partial charge in [-0.3, -0.25) is 9.59 Å². The molecule has 6 heteroatoms. The molecule has 0 saturated carbocycles. The summed E-state index contributed by atoms with van der Waals surface area (Å²) in [4.78, 5) is 28.7. The standard InChI is InChI=1S/C18H26N2O3S/c1-3-4-14(19-17(21)16-12(2)6-9-23-16)18(22)20-8-5-15-13(11-20)7-10-24-15/h7,10,12,14,16H,3-6,8-9,11H2,1-2H3,(H,19,21)/t12-,14-,16+/m0/s1. The van der Waals surface area contributed by atoms with E-state index in [-0.39, 0.29) is 17.7 Å². The molecule has 1 fully saturated rings. The molecule has 0 aromatic carbocycles. The fourth-order valence-electron chi connectivity index (χ4n) is 3.49. The largest absolute Gasteiger partial charge is 0.368 e. The van der Waals surface area contributed by atoms with Gasteiger partial charge in [0.2, 0.25) is 11.8 Å². The summed E-state index contributed by atoms with van der Waals surface area (Å²) in [5.41, 5.74) is 1.24. The Morgan fingerprint density at radius 3 is 3.04 bits per heavy atom. The summed E-state index contributed by atoms with van der Waals surface area (Å²) in [6, 6.07) is 1.65. The molecule has 0 spiro atoms. The first kappa shape index (κ1) is 17.4. The highest BCUT2D eigenvalue weighted by atomic mass is 32.1. The second-order valence-electron chi connectivity index (χ2n) is 6.79. The van der Waals surface area contributed by atoms with Crippen LogP contribution in [0.25, 0.3) is 0 Å². The van der Waals surface area contributed by atoms with Crippen LogP contribution in [0.4, 0.5) is 0 Å². The summed E-state index contributed by atoms with van der Waals surface area (Å²) in [5.74, 6) is 0.110. The molecule has 132 valence electrons. The monoisotopic (exact) mass is 350 g/mol. The first-order chi connectivity index (χ1) is 11.6. The van der Waals surface area contributed by atoms with Gasteiger partial charge in [-0.2, -0.15) is 0 Å². The number of ether oxygens (including phenoxy) is 1. The van der Waals surface area contributed by atoms with Crippen LogP contribution in [0.15, 0.2) is 11.4 Å². The van der Waals surface area contributed by atoms with E-state index in [2.05, 4.69) is 16.8 Å². The Hall–Kier alpha value is -1.40. The number of rotatable bonds is 5. The maximum absolute atomic E-state index is 12.9. The van der Waals surface area contributed by atoms with Gasteiger partial charge < -0.3 is 15.0 Å². The molecule has 5 nitrogen and oxygen atoms in total. The predicted octanol–water partition coefficient (Wildman–Crippen LogP) is 2.34. The average Bonchev–Trinajstić information content (AvgIpc) is 3.21. The number of hydrogen-bond donors (Lipinski definition) is 1. The predicted molar refractivity (Wildman–Crippen MR) is 93.8 cm³/mol. The molecule has 1 N–H and O–H groups in total. The van der Waals surface area contributed by atoms with Gasteiger partial charge in [-0.25, -0.2) is 0 Å². The fraction of sp³-hybridized carbons (Fsp3) is 0.667. The average molecular weight is 350 g/mol. The van der Waals surface area contributed by atoms with E-state index in [0.717, 1.165) is 25.8 Å². The lowest BCUT2D eigenvalue weighted by Crippen LogP contribution is -2.52. The fourth-order valence-corrected chi connectivity index (χ4v) is 4.38. The number of hydrogen-bond acceptors (Lipinski definition) is 4. The zero-order valence-electron chi connectivity index (χ0n) is 14.4.